The van der Waals surface area contributed by atoms with E-state index in [1.165, 1.54) is 16.5 Å². The third kappa shape index (κ3) is 3.26. The van der Waals surface area contributed by atoms with Crippen LogP contribution in [0.4, 0.5) is 13.2 Å². The Morgan fingerprint density at radius 3 is 2.96 bits per heavy atom. The molecule has 2 aromatic heterocycles. The van der Waals surface area contributed by atoms with Crippen LogP contribution in [-0.2, 0) is 19.1 Å². The van der Waals surface area contributed by atoms with E-state index < -0.39 is 11.7 Å². The molecule has 8 heteroatoms. The number of hydrogen-bond acceptors (Lipinski definition) is 5. The number of alkyl halides is 3. The normalized spacial score (nSPS) is 18.1. The van der Waals surface area contributed by atoms with E-state index in [4.69, 9.17) is 4.52 Å². The molecule has 1 atom stereocenters. The van der Waals surface area contributed by atoms with Crippen molar-refractivity contribution in [2.24, 2.45) is 0 Å². The third-order valence-corrected chi connectivity index (χ3v) is 5.65. The molecule has 0 spiro atoms. The maximum atomic E-state index is 12.9. The average Bonchev–Trinajstić information content (AvgIpc) is 3.26. The van der Waals surface area contributed by atoms with Crippen LogP contribution in [0.5, 0.6) is 0 Å². The van der Waals surface area contributed by atoms with E-state index in [1.807, 2.05) is 0 Å². The number of aromatic nitrogens is 2. The molecule has 1 aliphatic heterocycles. The first-order valence-corrected chi connectivity index (χ1v) is 9.10. The Morgan fingerprint density at radius 1 is 1.31 bits per heavy atom. The zero-order valence-corrected chi connectivity index (χ0v) is 14.8. The number of hydrogen-bond donors (Lipinski definition) is 0. The summed E-state index contributed by atoms with van der Waals surface area (Å²) < 4.78 is 43.9. The van der Waals surface area contributed by atoms with Crippen molar-refractivity contribution in [1.82, 2.24) is 15.0 Å². The largest absolute Gasteiger partial charge is 0.416 e. The molecule has 0 aliphatic carbocycles. The summed E-state index contributed by atoms with van der Waals surface area (Å²) in [4.78, 5) is 7.93. The molecule has 26 heavy (non-hydrogen) atoms. The van der Waals surface area contributed by atoms with E-state index in [9.17, 15) is 13.2 Å². The summed E-state index contributed by atoms with van der Waals surface area (Å²) >= 11 is 1.77. The van der Waals surface area contributed by atoms with Crippen LogP contribution < -0.4 is 0 Å². The number of thiophene rings is 1. The van der Waals surface area contributed by atoms with Gasteiger partial charge < -0.3 is 4.52 Å². The van der Waals surface area contributed by atoms with Crippen LogP contribution >= 0.6 is 11.3 Å². The number of halogens is 3. The highest BCUT2D eigenvalue weighted by atomic mass is 32.1. The van der Waals surface area contributed by atoms with Crippen molar-refractivity contribution in [2.75, 3.05) is 6.54 Å². The summed E-state index contributed by atoms with van der Waals surface area (Å²) in [5, 5.41) is 5.96. The molecule has 0 bridgehead atoms. The Labute approximate surface area is 152 Å². The molecule has 4 nitrogen and oxygen atoms in total. The van der Waals surface area contributed by atoms with Gasteiger partial charge in [0.25, 0.3) is 0 Å². The highest BCUT2D eigenvalue weighted by molar-refractivity contribution is 7.10. The molecule has 0 radical (unpaired) electrons. The van der Waals surface area contributed by atoms with E-state index in [2.05, 4.69) is 33.4 Å². The first kappa shape index (κ1) is 17.2. The van der Waals surface area contributed by atoms with Crippen molar-refractivity contribution in [3.05, 3.63) is 57.6 Å². The van der Waals surface area contributed by atoms with Gasteiger partial charge in [-0.05, 0) is 42.5 Å². The monoisotopic (exact) mass is 379 g/mol. The Balaban J connectivity index is 1.52. The summed E-state index contributed by atoms with van der Waals surface area (Å²) in [6.07, 6.45) is -3.42. The Morgan fingerprint density at radius 2 is 2.15 bits per heavy atom. The van der Waals surface area contributed by atoms with Crippen LogP contribution in [0.15, 0.2) is 40.2 Å². The van der Waals surface area contributed by atoms with Gasteiger partial charge in [-0.15, -0.1) is 11.3 Å². The fourth-order valence-electron chi connectivity index (χ4n) is 3.22. The minimum absolute atomic E-state index is 0.173. The summed E-state index contributed by atoms with van der Waals surface area (Å²) in [7, 11) is 0. The second-order valence-corrected chi connectivity index (χ2v) is 7.29. The predicted octanol–water partition coefficient (Wildman–Crippen LogP) is 4.94. The van der Waals surface area contributed by atoms with Crippen molar-refractivity contribution in [2.45, 2.75) is 32.1 Å². The lowest BCUT2D eigenvalue weighted by atomic mass is 10.0. The van der Waals surface area contributed by atoms with Crippen LogP contribution in [0.2, 0.25) is 0 Å². The van der Waals surface area contributed by atoms with Crippen molar-refractivity contribution < 1.29 is 17.7 Å². The standard InChI is InChI=1S/C18H16F3N3OS/c1-11-14-6-8-26-15(14)5-7-24(11)10-16-22-17(23-25-16)12-3-2-4-13(9-12)18(19,20)21/h2-4,6,8-9,11H,5,7,10H2,1H3. The minimum atomic E-state index is -4.40. The predicted molar refractivity (Wildman–Crippen MR) is 91.6 cm³/mol. The molecule has 0 saturated heterocycles. The van der Waals surface area contributed by atoms with E-state index in [1.54, 1.807) is 17.4 Å². The highest BCUT2D eigenvalue weighted by Gasteiger charge is 2.31. The zero-order valence-electron chi connectivity index (χ0n) is 14.0. The second-order valence-electron chi connectivity index (χ2n) is 6.29. The van der Waals surface area contributed by atoms with Gasteiger partial charge in [-0.3, -0.25) is 4.90 Å². The molecule has 136 valence electrons. The first-order chi connectivity index (χ1) is 12.4. The smallest absolute Gasteiger partial charge is 0.338 e. The van der Waals surface area contributed by atoms with E-state index in [0.717, 1.165) is 25.1 Å². The summed E-state index contributed by atoms with van der Waals surface area (Å²) in [5.74, 6) is 0.579. The Bertz CT molecular complexity index is 918. The number of fused-ring (bicyclic) bond motifs is 1. The zero-order chi connectivity index (χ0) is 18.3. The van der Waals surface area contributed by atoms with Gasteiger partial charge in [0.15, 0.2) is 0 Å². The highest BCUT2D eigenvalue weighted by Crippen LogP contribution is 2.34. The van der Waals surface area contributed by atoms with Crippen LogP contribution in [0.25, 0.3) is 11.4 Å². The van der Waals surface area contributed by atoms with E-state index in [0.29, 0.717) is 18.0 Å². The molecular formula is C18H16F3N3OS. The van der Waals surface area contributed by atoms with Crippen molar-refractivity contribution >= 4 is 11.3 Å². The van der Waals surface area contributed by atoms with Gasteiger partial charge in [0.05, 0.1) is 12.1 Å². The van der Waals surface area contributed by atoms with Gasteiger partial charge in [0.1, 0.15) is 0 Å². The summed E-state index contributed by atoms with van der Waals surface area (Å²) in [6.45, 7) is 3.49. The number of benzene rings is 1. The van der Waals surface area contributed by atoms with Crippen LogP contribution in [0.1, 0.15) is 34.9 Å². The topological polar surface area (TPSA) is 42.2 Å². The van der Waals surface area contributed by atoms with Gasteiger partial charge in [-0.25, -0.2) is 0 Å². The maximum absolute atomic E-state index is 12.9. The first-order valence-electron chi connectivity index (χ1n) is 8.22. The van der Waals surface area contributed by atoms with Crippen LogP contribution in [0, 0.1) is 0 Å². The average molecular weight is 379 g/mol. The van der Waals surface area contributed by atoms with Gasteiger partial charge in [0, 0.05) is 23.0 Å². The fraction of sp³-hybridized carbons (Fsp3) is 0.333. The van der Waals surface area contributed by atoms with Gasteiger partial charge in [-0.1, -0.05) is 17.3 Å². The lowest BCUT2D eigenvalue weighted by Crippen LogP contribution is -2.32. The summed E-state index contributed by atoms with van der Waals surface area (Å²) in [6, 6.07) is 7.34. The molecule has 4 rings (SSSR count). The third-order valence-electron chi connectivity index (χ3n) is 4.66. The van der Waals surface area contributed by atoms with Gasteiger partial charge in [0.2, 0.25) is 11.7 Å². The molecule has 0 amide bonds. The quantitative estimate of drug-likeness (QED) is 0.647. The molecule has 3 aromatic rings. The van der Waals surface area contributed by atoms with E-state index in [-0.39, 0.29) is 11.9 Å². The van der Waals surface area contributed by atoms with Gasteiger partial charge >= 0.3 is 6.18 Å². The van der Waals surface area contributed by atoms with Gasteiger partial charge in [-0.2, -0.15) is 18.2 Å². The van der Waals surface area contributed by atoms with Crippen molar-refractivity contribution in [1.29, 1.82) is 0 Å². The molecule has 1 unspecified atom stereocenters. The second kappa shape index (κ2) is 6.51. The Hall–Kier alpha value is -2.19. The molecule has 0 N–H and O–H groups in total. The lowest BCUT2D eigenvalue weighted by Gasteiger charge is -2.32. The minimum Gasteiger partial charge on any atom is -0.338 e. The Kier molecular flexibility index (Phi) is 4.32. The van der Waals surface area contributed by atoms with Crippen molar-refractivity contribution in [3.63, 3.8) is 0 Å². The molecule has 0 fully saturated rings. The summed E-state index contributed by atoms with van der Waals surface area (Å²) in [5.41, 5.74) is 0.886. The molecule has 1 aromatic carbocycles. The molecule has 1 aliphatic rings. The molecule has 3 heterocycles. The SMILES string of the molecule is CC1c2ccsc2CCN1Cc1nc(-c2cccc(C(F)(F)F)c2)no1. The maximum Gasteiger partial charge on any atom is 0.416 e. The van der Waals surface area contributed by atoms with Crippen LogP contribution in [0.3, 0.4) is 0 Å². The van der Waals surface area contributed by atoms with Crippen LogP contribution in [-0.4, -0.2) is 21.6 Å². The fourth-order valence-corrected chi connectivity index (χ4v) is 4.18. The number of rotatable bonds is 3. The molecular weight excluding hydrogens is 363 g/mol. The molecule has 0 saturated carbocycles. The number of nitrogens with zero attached hydrogens (tertiary/aromatic N) is 3. The van der Waals surface area contributed by atoms with E-state index >= 15 is 0 Å². The lowest BCUT2D eigenvalue weighted by molar-refractivity contribution is -0.137. The van der Waals surface area contributed by atoms with Crippen molar-refractivity contribution in [3.8, 4) is 11.4 Å².